The van der Waals surface area contributed by atoms with Gasteiger partial charge in [0.25, 0.3) is 0 Å². The Morgan fingerprint density at radius 3 is 1.96 bits per heavy atom. The largest absolute Gasteiger partial charge is 0.394 e. The number of likely N-dealkylation sites (N-methyl/N-ethyl adjacent to an activating group) is 1. The number of aliphatic hydroxyl groups excluding tert-OH is 10. The molecule has 4 aromatic carbocycles. The topological polar surface area (TPSA) is 344 Å². The van der Waals surface area contributed by atoms with Crippen molar-refractivity contribution in [2.24, 2.45) is 0 Å². The van der Waals surface area contributed by atoms with Crippen LogP contribution in [0, 0.1) is 0 Å². The molecule has 7 heterocycles. The minimum Gasteiger partial charge on any atom is -0.394 e. The molecule has 0 radical (unpaired) electrons. The summed E-state index contributed by atoms with van der Waals surface area (Å²) in [5, 5.41) is 119. The molecule has 15 atom stereocenters. The minimum atomic E-state index is -1.97. The van der Waals surface area contributed by atoms with Crippen molar-refractivity contribution in [3.8, 4) is 22.5 Å². The first-order valence-corrected chi connectivity index (χ1v) is 36.7. The summed E-state index contributed by atoms with van der Waals surface area (Å²) in [6.45, 7) is 8.78. The van der Waals surface area contributed by atoms with Gasteiger partial charge in [0.15, 0.2) is 24.6 Å². The van der Waals surface area contributed by atoms with E-state index >= 15 is 0 Å². The minimum absolute atomic E-state index is 0.0366. The highest BCUT2D eigenvalue weighted by Gasteiger charge is 2.54. The molecule has 7 aliphatic rings. The highest BCUT2D eigenvalue weighted by atomic mass is 16.8. The summed E-state index contributed by atoms with van der Waals surface area (Å²) < 4.78 is 38.6. The van der Waals surface area contributed by atoms with Crippen LogP contribution in [0.15, 0.2) is 144 Å². The Hall–Kier alpha value is -7.25. The SMILES string of the molecule is CN1/C(=C/C=C2C=C(/C=C/C3=[N+](CCCCCC(=O)NCCCCCC(=O)N4Cc5ccccc5-c5c(nnn5CCCOC5O[C@H](CO)[C@@H](OC6O[C@H](CO)[C@@H](OC7O[C@H](CO)[C@@H](O)[C@@H](O)[C@H]7O)[C@@H](O)[C@H]6O)[C@@H](O)[C@H]5O)-c5ccccc54)c4ccccc4C3(C)C)CCC/2)C(C)(C)c2ccccc21. The van der Waals surface area contributed by atoms with Crippen molar-refractivity contribution in [1.29, 1.82) is 0 Å². The molecule has 5 aromatic rings. The highest BCUT2D eigenvalue weighted by Crippen LogP contribution is 2.48. The Balaban J connectivity index is 0.591. The summed E-state index contributed by atoms with van der Waals surface area (Å²) in [5.41, 5.74) is 14.7. The van der Waals surface area contributed by atoms with Crippen LogP contribution in [0.2, 0.25) is 0 Å². The van der Waals surface area contributed by atoms with E-state index in [0.29, 0.717) is 43.6 Å². The van der Waals surface area contributed by atoms with Crippen molar-refractivity contribution in [3.63, 3.8) is 0 Å². The molecular weight excluding hydrogens is 1330 g/mol. The maximum absolute atomic E-state index is 14.4. The number of anilines is 2. The fourth-order valence-electron chi connectivity index (χ4n) is 15.7. The van der Waals surface area contributed by atoms with Gasteiger partial charge < -0.3 is 94.6 Å². The van der Waals surface area contributed by atoms with E-state index in [4.69, 9.17) is 28.4 Å². The summed E-state index contributed by atoms with van der Waals surface area (Å²) in [6.07, 6.45) is -4.61. The Kier molecular flexibility index (Phi) is 24.7. The average molecular weight is 1440 g/mol. The molecule has 12 rings (SSSR count). The van der Waals surface area contributed by atoms with Gasteiger partial charge in [-0.25, -0.2) is 4.68 Å². The number of aliphatic hydroxyl groups is 10. The van der Waals surface area contributed by atoms with Crippen LogP contribution in [-0.4, -0.2) is 227 Å². The van der Waals surface area contributed by atoms with E-state index < -0.39 is 112 Å². The van der Waals surface area contributed by atoms with Crippen LogP contribution in [0.1, 0.15) is 121 Å². The van der Waals surface area contributed by atoms with Crippen LogP contribution >= 0.6 is 0 Å². The molecule has 104 heavy (non-hydrogen) atoms. The zero-order valence-corrected chi connectivity index (χ0v) is 59.8. The lowest BCUT2D eigenvalue weighted by Gasteiger charge is -2.48. The third-order valence-electron chi connectivity index (χ3n) is 21.6. The van der Waals surface area contributed by atoms with Crippen LogP contribution in [0.25, 0.3) is 22.5 Å². The quantitative estimate of drug-likeness (QED) is 0.0227. The normalized spacial score (nSPS) is 29.3. The maximum atomic E-state index is 14.4. The smallest absolute Gasteiger partial charge is 0.227 e. The first-order valence-electron chi connectivity index (χ1n) is 36.7. The van der Waals surface area contributed by atoms with E-state index in [1.165, 1.54) is 45.1 Å². The summed E-state index contributed by atoms with van der Waals surface area (Å²) in [6, 6.07) is 32.8. The van der Waals surface area contributed by atoms with Gasteiger partial charge in [-0.1, -0.05) is 123 Å². The number of carbonyl (C=O) groups excluding carboxylic acids is 2. The van der Waals surface area contributed by atoms with E-state index in [9.17, 15) is 60.7 Å². The van der Waals surface area contributed by atoms with E-state index in [0.717, 1.165) is 80.3 Å². The highest BCUT2D eigenvalue weighted by molar-refractivity contribution is 6.03. The fraction of sp³-hybridized carbons (Fsp3) is 0.532. The van der Waals surface area contributed by atoms with Gasteiger partial charge in [-0.2, -0.15) is 4.58 Å². The van der Waals surface area contributed by atoms with E-state index in [1.807, 2.05) is 53.4 Å². The molecular formula is C79H102N7O18+. The molecule has 1 aromatic heterocycles. The maximum Gasteiger partial charge on any atom is 0.227 e. The lowest BCUT2D eigenvalue weighted by Crippen LogP contribution is -2.66. The van der Waals surface area contributed by atoms with Gasteiger partial charge in [-0.05, 0) is 106 Å². The number of para-hydroxylation sites is 3. The van der Waals surface area contributed by atoms with Gasteiger partial charge in [0.2, 0.25) is 17.5 Å². The zero-order chi connectivity index (χ0) is 73.6. The molecule has 2 amide bonds. The van der Waals surface area contributed by atoms with E-state index in [1.54, 1.807) is 4.68 Å². The molecule has 1 aliphatic carbocycles. The molecule has 6 aliphatic heterocycles. The second-order valence-corrected chi connectivity index (χ2v) is 29.3. The summed E-state index contributed by atoms with van der Waals surface area (Å²) >= 11 is 0. The standard InChI is InChI=1S/C79H101N7O18/c1-78(2)52-27-13-16-30-55(52)83(5)60(78)36-34-47-22-20-23-48(42-47)35-37-61-79(3,4)53-28-14-17-31-56(53)84(61)39-19-7-8-32-62(90)80-38-18-6-9-33-63(91)85-43-49-24-10-11-25-50(49)65-64(51-26-12-15-29-54(51)85)81-82-86(65)40-21-41-99-75-71(97)68(94)73(58(45-88)101-75)104-77-72(98)69(95)74(59(46-89)102-77)103-76-70(96)67(93)66(92)57(44-87)100-76/h10-17,24-31,34-37,42,57-59,66-77,87-89,92-98H,6-9,18-23,32-33,38-41,43-46H2,1-5H3/p+1/t57-,58-,59-,66-,67-,68+,69+,70-,71-,72-,73-,74-,75?,76?,77?/m1/s1. The van der Waals surface area contributed by atoms with Gasteiger partial charge >= 0.3 is 0 Å². The molecule has 560 valence electrons. The number of carbonyl (C=O) groups is 2. The predicted octanol–water partition coefficient (Wildman–Crippen LogP) is 5.53. The van der Waals surface area contributed by atoms with Crippen molar-refractivity contribution in [2.45, 2.75) is 221 Å². The van der Waals surface area contributed by atoms with Gasteiger partial charge in [0.1, 0.15) is 85.5 Å². The summed E-state index contributed by atoms with van der Waals surface area (Å²) in [7, 11) is 2.17. The molecule has 25 heteroatoms. The molecule has 11 N–H and O–H groups in total. The Morgan fingerprint density at radius 1 is 0.625 bits per heavy atom. The van der Waals surface area contributed by atoms with Gasteiger partial charge in [0, 0.05) is 85.0 Å². The number of unbranched alkanes of at least 4 members (excludes halogenated alkanes) is 4. The molecule has 25 nitrogen and oxygen atoms in total. The fourth-order valence-corrected chi connectivity index (χ4v) is 15.7. The van der Waals surface area contributed by atoms with Crippen LogP contribution in [-0.2, 0) is 61.9 Å². The number of ether oxygens (including phenoxy) is 6. The number of hydrogen-bond donors (Lipinski definition) is 11. The second kappa shape index (κ2) is 33.7. The lowest BCUT2D eigenvalue weighted by molar-refractivity contribution is -0.438. The molecule has 0 bridgehead atoms. The van der Waals surface area contributed by atoms with Crippen molar-refractivity contribution in [3.05, 3.63) is 161 Å². The van der Waals surface area contributed by atoms with Crippen LogP contribution in [0.5, 0.6) is 0 Å². The molecule has 3 fully saturated rings. The van der Waals surface area contributed by atoms with Crippen molar-refractivity contribution >= 4 is 34.6 Å². The van der Waals surface area contributed by atoms with Crippen LogP contribution in [0.4, 0.5) is 17.1 Å². The number of nitrogens with one attached hydrogen (secondary N) is 1. The first kappa shape index (κ1) is 76.4. The molecule has 3 unspecified atom stereocenters. The monoisotopic (exact) mass is 1440 g/mol. The number of rotatable bonds is 27. The van der Waals surface area contributed by atoms with Crippen LogP contribution in [0.3, 0.4) is 0 Å². The van der Waals surface area contributed by atoms with E-state index in [-0.39, 0.29) is 42.3 Å². The van der Waals surface area contributed by atoms with Crippen molar-refractivity contribution in [1.82, 2.24) is 20.3 Å². The van der Waals surface area contributed by atoms with E-state index in [2.05, 4.69) is 139 Å². The van der Waals surface area contributed by atoms with Gasteiger partial charge in [0.05, 0.1) is 49.8 Å². The first-order chi connectivity index (χ1) is 50.1. The number of aryl methyl sites for hydroxylation is 1. The average Bonchev–Trinajstić information content (AvgIpc) is 1.59. The number of benzene rings is 4. The summed E-state index contributed by atoms with van der Waals surface area (Å²) in [4.78, 5) is 31.7. The molecule has 0 saturated carbocycles. The van der Waals surface area contributed by atoms with Gasteiger partial charge in [-0.15, -0.1) is 5.10 Å². The number of fused-ring (bicyclic) bond motifs is 7. The zero-order valence-electron chi connectivity index (χ0n) is 59.8. The molecule has 0 spiro atoms. The Morgan fingerprint density at radius 2 is 1.24 bits per heavy atom. The second-order valence-electron chi connectivity index (χ2n) is 29.3. The number of allylic oxidation sites excluding steroid dienone is 8. The predicted molar refractivity (Wildman–Crippen MR) is 386 cm³/mol. The Bertz CT molecular complexity index is 3980. The number of aromatic nitrogens is 3. The Labute approximate surface area is 606 Å². The third kappa shape index (κ3) is 16.1. The van der Waals surface area contributed by atoms with Gasteiger partial charge in [-0.3, -0.25) is 9.59 Å². The third-order valence-corrected chi connectivity index (χ3v) is 21.6. The van der Waals surface area contributed by atoms with Crippen LogP contribution < -0.4 is 15.1 Å². The van der Waals surface area contributed by atoms with Crippen molar-refractivity contribution in [2.75, 3.05) is 56.4 Å². The number of nitrogens with zero attached hydrogens (tertiary/aromatic N) is 6. The lowest BCUT2D eigenvalue weighted by atomic mass is 9.81. The number of amides is 2. The summed E-state index contributed by atoms with van der Waals surface area (Å²) in [5.74, 6) is -0.00664. The number of hydrogen-bond acceptors (Lipinski definition) is 21. The molecule has 3 saturated heterocycles. The van der Waals surface area contributed by atoms with Crippen molar-refractivity contribution < 1.29 is 93.7 Å².